The first-order valence-electron chi connectivity index (χ1n) is 8.94. The average Bonchev–Trinajstić information content (AvgIpc) is 3.18. The first-order chi connectivity index (χ1) is 13.4. The smallest absolute Gasteiger partial charge is 0.264 e. The second kappa shape index (κ2) is 8.29. The number of rotatable bonds is 6. The van der Waals surface area contributed by atoms with Crippen LogP contribution in [0.1, 0.15) is 36.1 Å². The van der Waals surface area contributed by atoms with Crippen LogP contribution in [0.15, 0.2) is 41.6 Å². The molecule has 0 saturated carbocycles. The number of hydrogen-bond donors (Lipinski definition) is 1. The summed E-state index contributed by atoms with van der Waals surface area (Å²) in [6.45, 7) is 3.83. The molecule has 0 bridgehead atoms. The lowest BCUT2D eigenvalue weighted by atomic mass is 10.0. The molecule has 28 heavy (non-hydrogen) atoms. The normalized spacial score (nSPS) is 16.8. The third-order valence-corrected chi connectivity index (χ3v) is 4.72. The van der Waals surface area contributed by atoms with Gasteiger partial charge in [-0.1, -0.05) is 17.3 Å². The van der Waals surface area contributed by atoms with Crippen molar-refractivity contribution in [1.82, 2.24) is 5.32 Å². The Kier molecular flexibility index (Phi) is 5.82. The fourth-order valence-electron chi connectivity index (χ4n) is 3.20. The predicted octanol–water partition coefficient (Wildman–Crippen LogP) is 3.52. The average molecular weight is 386 g/mol. The van der Waals surface area contributed by atoms with Crippen LogP contribution in [-0.2, 0) is 9.63 Å². The first-order valence-corrected chi connectivity index (χ1v) is 8.94. The molecule has 0 aromatic heterocycles. The maximum Gasteiger partial charge on any atom is 0.264 e. The zero-order chi connectivity index (χ0) is 20.3. The largest absolute Gasteiger partial charge is 0.493 e. The zero-order valence-corrected chi connectivity index (χ0v) is 16.3. The SMILES string of the molecule is COc1cc(C)c([C@H](C)NC(=O)[C@H]2CC(c3cccc(F)c3)=NO2)cc1OC. The van der Waals surface area contributed by atoms with E-state index in [0.717, 1.165) is 11.1 Å². The first kappa shape index (κ1) is 19.7. The second-order valence-electron chi connectivity index (χ2n) is 6.64. The molecule has 6 nitrogen and oxygen atoms in total. The highest BCUT2D eigenvalue weighted by atomic mass is 19.1. The molecule has 2 atom stereocenters. The summed E-state index contributed by atoms with van der Waals surface area (Å²) in [7, 11) is 3.15. The van der Waals surface area contributed by atoms with Crippen molar-refractivity contribution in [3.8, 4) is 11.5 Å². The summed E-state index contributed by atoms with van der Waals surface area (Å²) in [4.78, 5) is 17.9. The minimum Gasteiger partial charge on any atom is -0.493 e. The Morgan fingerprint density at radius 2 is 1.96 bits per heavy atom. The number of nitrogens with zero attached hydrogens (tertiary/aromatic N) is 1. The lowest BCUT2D eigenvalue weighted by Crippen LogP contribution is -2.36. The van der Waals surface area contributed by atoms with E-state index in [-0.39, 0.29) is 24.2 Å². The molecule has 7 heteroatoms. The molecule has 0 radical (unpaired) electrons. The maximum atomic E-state index is 13.4. The van der Waals surface area contributed by atoms with Crippen LogP contribution in [0, 0.1) is 12.7 Å². The van der Waals surface area contributed by atoms with E-state index >= 15 is 0 Å². The molecule has 0 spiro atoms. The molecule has 0 saturated heterocycles. The molecule has 1 aliphatic heterocycles. The quantitative estimate of drug-likeness (QED) is 0.825. The number of oxime groups is 1. The molecule has 1 aliphatic rings. The summed E-state index contributed by atoms with van der Waals surface area (Å²) in [5, 5.41) is 6.89. The number of amides is 1. The molecule has 148 valence electrons. The van der Waals surface area contributed by atoms with Gasteiger partial charge < -0.3 is 19.6 Å². The van der Waals surface area contributed by atoms with Gasteiger partial charge in [0.15, 0.2) is 11.5 Å². The third-order valence-electron chi connectivity index (χ3n) is 4.72. The van der Waals surface area contributed by atoms with Gasteiger partial charge in [-0.3, -0.25) is 4.79 Å². The van der Waals surface area contributed by atoms with E-state index in [1.165, 1.54) is 12.1 Å². The van der Waals surface area contributed by atoms with Crippen molar-refractivity contribution in [2.45, 2.75) is 32.4 Å². The van der Waals surface area contributed by atoms with Gasteiger partial charge in [0.2, 0.25) is 6.10 Å². The topological polar surface area (TPSA) is 69.2 Å². The summed E-state index contributed by atoms with van der Waals surface area (Å²) in [5.41, 5.74) is 3.04. The van der Waals surface area contributed by atoms with Gasteiger partial charge in [-0.05, 0) is 49.2 Å². The van der Waals surface area contributed by atoms with Crippen LogP contribution in [0.3, 0.4) is 0 Å². The summed E-state index contributed by atoms with van der Waals surface area (Å²) in [6.07, 6.45) is -0.464. The van der Waals surface area contributed by atoms with Crippen molar-refractivity contribution in [1.29, 1.82) is 0 Å². The third kappa shape index (κ3) is 4.08. The van der Waals surface area contributed by atoms with Crippen LogP contribution < -0.4 is 14.8 Å². The number of benzene rings is 2. The molecular weight excluding hydrogens is 363 g/mol. The summed E-state index contributed by atoms with van der Waals surface area (Å²) in [6, 6.07) is 9.52. The molecule has 0 unspecified atom stereocenters. The number of nitrogens with one attached hydrogen (secondary N) is 1. The van der Waals surface area contributed by atoms with Gasteiger partial charge in [0, 0.05) is 12.0 Å². The molecule has 1 N–H and O–H groups in total. The summed E-state index contributed by atoms with van der Waals surface area (Å²) in [5.74, 6) is 0.593. The van der Waals surface area contributed by atoms with Crippen LogP contribution in [0.25, 0.3) is 0 Å². The van der Waals surface area contributed by atoms with Gasteiger partial charge >= 0.3 is 0 Å². The molecule has 0 aliphatic carbocycles. The highest BCUT2D eigenvalue weighted by molar-refractivity contribution is 6.04. The number of aryl methyl sites for hydroxylation is 1. The second-order valence-corrected chi connectivity index (χ2v) is 6.64. The van der Waals surface area contributed by atoms with Gasteiger partial charge in [-0.2, -0.15) is 0 Å². The molecule has 1 amide bonds. The van der Waals surface area contributed by atoms with E-state index in [1.807, 2.05) is 26.0 Å². The predicted molar refractivity (Wildman–Crippen MR) is 103 cm³/mol. The van der Waals surface area contributed by atoms with Crippen molar-refractivity contribution in [3.63, 3.8) is 0 Å². The molecule has 3 rings (SSSR count). The monoisotopic (exact) mass is 386 g/mol. The minimum absolute atomic E-state index is 0.269. The van der Waals surface area contributed by atoms with E-state index in [4.69, 9.17) is 14.3 Å². The standard InChI is InChI=1S/C21H23FN2O4/c1-12-8-18(26-3)19(27-4)10-16(12)13(2)23-21(25)20-11-17(24-28-20)14-6-5-7-15(22)9-14/h5-10,13,20H,11H2,1-4H3,(H,23,25)/t13-,20+/m0/s1. The molecule has 0 fully saturated rings. The molecule has 2 aromatic carbocycles. The van der Waals surface area contributed by atoms with Crippen LogP contribution in [0.2, 0.25) is 0 Å². The Morgan fingerprint density at radius 1 is 1.25 bits per heavy atom. The number of hydrogen-bond acceptors (Lipinski definition) is 5. The Hall–Kier alpha value is -3.09. The van der Waals surface area contributed by atoms with Gasteiger partial charge in [0.25, 0.3) is 5.91 Å². The van der Waals surface area contributed by atoms with E-state index in [1.54, 1.807) is 26.4 Å². The summed E-state index contributed by atoms with van der Waals surface area (Å²) < 4.78 is 24.0. The van der Waals surface area contributed by atoms with Gasteiger partial charge in [0.1, 0.15) is 5.82 Å². The fourth-order valence-corrected chi connectivity index (χ4v) is 3.20. The Bertz CT molecular complexity index is 913. The lowest BCUT2D eigenvalue weighted by molar-refractivity contribution is -0.131. The number of carbonyl (C=O) groups excluding carboxylic acids is 1. The lowest BCUT2D eigenvalue weighted by Gasteiger charge is -2.20. The summed E-state index contributed by atoms with van der Waals surface area (Å²) >= 11 is 0. The van der Waals surface area contributed by atoms with Crippen molar-refractivity contribution in [2.24, 2.45) is 5.16 Å². The highest BCUT2D eigenvalue weighted by Gasteiger charge is 2.30. The van der Waals surface area contributed by atoms with Crippen molar-refractivity contribution >= 4 is 11.6 Å². The molecular formula is C21H23FN2O4. The molecule has 2 aromatic rings. The number of ether oxygens (including phenoxy) is 2. The van der Waals surface area contributed by atoms with Gasteiger partial charge in [0.05, 0.1) is 26.0 Å². The van der Waals surface area contributed by atoms with Gasteiger partial charge in [-0.25, -0.2) is 4.39 Å². The van der Waals surface area contributed by atoms with Crippen LogP contribution in [-0.4, -0.2) is 31.9 Å². The van der Waals surface area contributed by atoms with Crippen molar-refractivity contribution < 1.29 is 23.5 Å². The van der Waals surface area contributed by atoms with Crippen LogP contribution >= 0.6 is 0 Å². The Labute approximate surface area is 163 Å². The maximum absolute atomic E-state index is 13.4. The minimum atomic E-state index is -0.749. The Balaban J connectivity index is 1.67. The van der Waals surface area contributed by atoms with Crippen molar-refractivity contribution in [3.05, 3.63) is 58.9 Å². The van der Waals surface area contributed by atoms with E-state index in [2.05, 4.69) is 10.5 Å². The van der Waals surface area contributed by atoms with E-state index in [9.17, 15) is 9.18 Å². The zero-order valence-electron chi connectivity index (χ0n) is 16.3. The molecule has 1 heterocycles. The van der Waals surface area contributed by atoms with E-state index < -0.39 is 6.10 Å². The van der Waals surface area contributed by atoms with Crippen LogP contribution in [0.4, 0.5) is 4.39 Å². The van der Waals surface area contributed by atoms with E-state index in [0.29, 0.717) is 22.8 Å². The van der Waals surface area contributed by atoms with Gasteiger partial charge in [-0.15, -0.1) is 0 Å². The van der Waals surface area contributed by atoms with Crippen LogP contribution in [0.5, 0.6) is 11.5 Å². The highest BCUT2D eigenvalue weighted by Crippen LogP contribution is 2.33. The number of carbonyl (C=O) groups is 1. The fraction of sp³-hybridized carbons (Fsp3) is 0.333. The van der Waals surface area contributed by atoms with Crippen molar-refractivity contribution in [2.75, 3.05) is 14.2 Å². The number of methoxy groups -OCH3 is 2. The Morgan fingerprint density at radius 3 is 2.64 bits per heavy atom. The number of halogens is 1.